The highest BCUT2D eigenvalue weighted by molar-refractivity contribution is 7.99. The summed E-state index contributed by atoms with van der Waals surface area (Å²) in [4.78, 5) is 3.58. The lowest BCUT2D eigenvalue weighted by atomic mass is 10.2. The molecule has 0 saturated heterocycles. The van der Waals surface area contributed by atoms with E-state index in [1.165, 1.54) is 15.4 Å². The molecule has 0 atom stereocenters. The van der Waals surface area contributed by atoms with Crippen LogP contribution < -0.4 is 0 Å². The molecular weight excluding hydrogens is 220 g/mol. The minimum Gasteiger partial charge on any atom is -0.143 e. The van der Waals surface area contributed by atoms with Crippen LogP contribution in [0.3, 0.4) is 0 Å². The third kappa shape index (κ3) is 2.80. The molecule has 0 aromatic heterocycles. The first-order valence-corrected chi connectivity index (χ1v) is 6.04. The van der Waals surface area contributed by atoms with Gasteiger partial charge < -0.3 is 0 Å². The zero-order valence-corrected chi connectivity index (χ0v) is 10.2. The molecule has 76 valence electrons. The normalized spacial score (nSPS) is 10.3. The minimum atomic E-state index is 1.05. The zero-order valence-electron chi connectivity index (χ0n) is 8.47. The van der Waals surface area contributed by atoms with Crippen molar-refractivity contribution in [2.24, 2.45) is 0 Å². The maximum atomic E-state index is 4.36. The second-order valence-corrected chi connectivity index (χ2v) is 4.99. The van der Waals surface area contributed by atoms with E-state index < -0.39 is 0 Å². The third-order valence-electron chi connectivity index (χ3n) is 2.15. The van der Waals surface area contributed by atoms with Crippen LogP contribution >= 0.6 is 24.4 Å². The van der Waals surface area contributed by atoms with E-state index in [1.54, 1.807) is 11.8 Å². The molecule has 2 aromatic carbocycles. The van der Waals surface area contributed by atoms with Crippen LogP contribution in [-0.4, -0.2) is 0 Å². The van der Waals surface area contributed by atoms with Gasteiger partial charge in [0, 0.05) is 14.7 Å². The summed E-state index contributed by atoms with van der Waals surface area (Å²) in [5.74, 6) is 0. The Kier molecular flexibility index (Phi) is 3.39. The van der Waals surface area contributed by atoms with E-state index in [4.69, 9.17) is 0 Å². The van der Waals surface area contributed by atoms with Gasteiger partial charge in [0.15, 0.2) is 0 Å². The monoisotopic (exact) mass is 232 g/mol. The molecule has 2 heteroatoms. The van der Waals surface area contributed by atoms with E-state index in [9.17, 15) is 0 Å². The summed E-state index contributed by atoms with van der Waals surface area (Å²) < 4.78 is 0. The summed E-state index contributed by atoms with van der Waals surface area (Å²) in [6.45, 7) is 2.08. The molecule has 0 aliphatic heterocycles. The van der Waals surface area contributed by atoms with Gasteiger partial charge in [0.25, 0.3) is 0 Å². The average molecular weight is 232 g/mol. The van der Waals surface area contributed by atoms with Gasteiger partial charge in [-0.15, -0.1) is 12.6 Å². The molecule has 0 spiro atoms. The fraction of sp³-hybridized carbons (Fsp3) is 0.0769. The van der Waals surface area contributed by atoms with Gasteiger partial charge in [0.05, 0.1) is 0 Å². The highest BCUT2D eigenvalue weighted by Crippen LogP contribution is 2.29. The first-order valence-electron chi connectivity index (χ1n) is 4.78. The second kappa shape index (κ2) is 4.77. The predicted octanol–water partition coefficient (Wildman–Crippen LogP) is 4.43. The van der Waals surface area contributed by atoms with Crippen molar-refractivity contribution in [2.45, 2.75) is 21.6 Å². The summed E-state index contributed by atoms with van der Waals surface area (Å²) in [7, 11) is 0. The highest BCUT2D eigenvalue weighted by atomic mass is 32.2. The van der Waals surface area contributed by atoms with Crippen molar-refractivity contribution in [2.75, 3.05) is 0 Å². The molecule has 0 amide bonds. The van der Waals surface area contributed by atoms with E-state index in [1.807, 2.05) is 12.1 Å². The zero-order chi connectivity index (χ0) is 10.7. The van der Waals surface area contributed by atoms with Crippen LogP contribution in [0.1, 0.15) is 5.56 Å². The van der Waals surface area contributed by atoms with Crippen LogP contribution in [0.25, 0.3) is 0 Å². The van der Waals surface area contributed by atoms with Crippen molar-refractivity contribution in [1.29, 1.82) is 0 Å². The van der Waals surface area contributed by atoms with Crippen molar-refractivity contribution in [1.82, 2.24) is 0 Å². The third-order valence-corrected chi connectivity index (χ3v) is 3.65. The predicted molar refractivity (Wildman–Crippen MR) is 69.0 cm³/mol. The number of thiol groups is 1. The maximum Gasteiger partial charge on any atom is 0.0125 e. The Bertz CT molecular complexity index is 449. The summed E-state index contributed by atoms with van der Waals surface area (Å²) in [5.41, 5.74) is 1.22. The molecule has 15 heavy (non-hydrogen) atoms. The number of rotatable bonds is 2. The quantitative estimate of drug-likeness (QED) is 0.747. The van der Waals surface area contributed by atoms with Crippen LogP contribution in [0.15, 0.2) is 63.2 Å². The summed E-state index contributed by atoms with van der Waals surface area (Å²) in [5, 5.41) is 0. The van der Waals surface area contributed by atoms with Gasteiger partial charge in [0.1, 0.15) is 0 Å². The molecule has 2 aromatic rings. The first-order chi connectivity index (χ1) is 7.25. The summed E-state index contributed by atoms with van der Waals surface area (Å²) >= 11 is 6.14. The van der Waals surface area contributed by atoms with E-state index in [2.05, 4.69) is 56.0 Å². The smallest absolute Gasteiger partial charge is 0.0125 e. The van der Waals surface area contributed by atoms with Crippen molar-refractivity contribution in [3.05, 3.63) is 54.1 Å². The van der Waals surface area contributed by atoms with Crippen LogP contribution in [0.4, 0.5) is 0 Å². The highest BCUT2D eigenvalue weighted by Gasteiger charge is 1.98. The van der Waals surface area contributed by atoms with Crippen LogP contribution in [0.2, 0.25) is 0 Å². The molecule has 0 N–H and O–H groups in total. The minimum absolute atomic E-state index is 1.05. The standard InChI is InChI=1S/C13H12S2/c1-10-9-12(7-8-13(10)14)15-11-5-3-2-4-6-11/h2-9,14H,1H3. The molecule has 0 radical (unpaired) electrons. The molecular formula is C13H12S2. The molecule has 0 nitrogen and oxygen atoms in total. The lowest BCUT2D eigenvalue weighted by Crippen LogP contribution is -1.78. The molecule has 0 unspecified atom stereocenters. The molecule has 0 aliphatic rings. The Hall–Kier alpha value is -0.860. The van der Waals surface area contributed by atoms with Gasteiger partial charge in [0.2, 0.25) is 0 Å². The molecule has 0 heterocycles. The Morgan fingerprint density at radius 1 is 0.933 bits per heavy atom. The Labute approximate surface area is 100 Å². The fourth-order valence-corrected chi connectivity index (χ4v) is 2.39. The summed E-state index contributed by atoms with van der Waals surface area (Å²) in [6, 6.07) is 16.7. The van der Waals surface area contributed by atoms with Gasteiger partial charge in [-0.05, 0) is 42.8 Å². The van der Waals surface area contributed by atoms with Gasteiger partial charge in [-0.25, -0.2) is 0 Å². The number of hydrogen-bond donors (Lipinski definition) is 1. The second-order valence-electron chi connectivity index (χ2n) is 3.36. The molecule has 0 bridgehead atoms. The average Bonchev–Trinajstić information content (AvgIpc) is 2.25. The maximum absolute atomic E-state index is 4.36. The number of aryl methyl sites for hydroxylation is 1. The van der Waals surface area contributed by atoms with E-state index >= 15 is 0 Å². The van der Waals surface area contributed by atoms with Gasteiger partial charge in [-0.2, -0.15) is 0 Å². The largest absolute Gasteiger partial charge is 0.143 e. The number of benzene rings is 2. The number of hydrogen-bond acceptors (Lipinski definition) is 2. The van der Waals surface area contributed by atoms with Crippen molar-refractivity contribution < 1.29 is 0 Å². The molecule has 0 fully saturated rings. The molecule has 0 aliphatic carbocycles. The SMILES string of the molecule is Cc1cc(Sc2ccccc2)ccc1S. The van der Waals surface area contributed by atoms with Gasteiger partial charge in [-0.1, -0.05) is 30.0 Å². The Balaban J connectivity index is 2.22. The van der Waals surface area contributed by atoms with Gasteiger partial charge >= 0.3 is 0 Å². The Morgan fingerprint density at radius 2 is 1.67 bits per heavy atom. The van der Waals surface area contributed by atoms with E-state index in [-0.39, 0.29) is 0 Å². The van der Waals surface area contributed by atoms with Crippen LogP contribution in [-0.2, 0) is 0 Å². The van der Waals surface area contributed by atoms with Crippen LogP contribution in [0.5, 0.6) is 0 Å². The Morgan fingerprint density at radius 3 is 2.33 bits per heavy atom. The van der Waals surface area contributed by atoms with E-state index in [0.717, 1.165) is 4.90 Å². The lowest BCUT2D eigenvalue weighted by Gasteiger charge is -2.04. The molecule has 2 rings (SSSR count). The first kappa shape index (κ1) is 10.7. The molecule has 0 saturated carbocycles. The fourth-order valence-electron chi connectivity index (χ4n) is 1.32. The van der Waals surface area contributed by atoms with E-state index in [0.29, 0.717) is 0 Å². The topological polar surface area (TPSA) is 0 Å². The van der Waals surface area contributed by atoms with Crippen molar-refractivity contribution >= 4 is 24.4 Å². The van der Waals surface area contributed by atoms with Crippen LogP contribution in [0, 0.1) is 6.92 Å². The van der Waals surface area contributed by atoms with Crippen molar-refractivity contribution in [3.8, 4) is 0 Å². The summed E-state index contributed by atoms with van der Waals surface area (Å²) in [6.07, 6.45) is 0. The lowest BCUT2D eigenvalue weighted by molar-refractivity contribution is 1.24. The van der Waals surface area contributed by atoms with Crippen molar-refractivity contribution in [3.63, 3.8) is 0 Å². The van der Waals surface area contributed by atoms with Gasteiger partial charge in [-0.3, -0.25) is 0 Å².